The Hall–Kier alpha value is -6.97. The van der Waals surface area contributed by atoms with E-state index in [1.807, 2.05) is 42.6 Å². The summed E-state index contributed by atoms with van der Waals surface area (Å²) in [5.74, 6) is 0. The Morgan fingerprint density at radius 3 is 1.60 bits per heavy atom. The molecule has 242 valence electrons. The molecule has 0 saturated heterocycles. The fourth-order valence-corrected chi connectivity index (χ4v) is 7.61. The second-order valence-electron chi connectivity index (χ2n) is 13.2. The fraction of sp³-hybridized carbons (Fsp3) is 0. The van der Waals surface area contributed by atoms with Crippen LogP contribution in [0.15, 0.2) is 188 Å². The minimum absolute atomic E-state index is 0.871. The van der Waals surface area contributed by atoms with Crippen LogP contribution in [0.2, 0.25) is 0 Å². The van der Waals surface area contributed by atoms with E-state index in [1.165, 1.54) is 38.6 Å². The summed E-state index contributed by atoms with van der Waals surface area (Å²) in [4.78, 5) is 15.3. The summed E-state index contributed by atoms with van der Waals surface area (Å²) in [5.41, 5.74) is 13.7. The van der Waals surface area contributed by atoms with Crippen LogP contribution in [0.4, 0.5) is 0 Å². The maximum Gasteiger partial charge on any atom is 0.0979 e. The number of hydrogen-bond acceptors (Lipinski definition) is 3. The lowest BCUT2D eigenvalue weighted by atomic mass is 9.90. The molecule has 0 spiro atoms. The largest absolute Gasteiger partial charge is 0.256 e. The van der Waals surface area contributed by atoms with Crippen molar-refractivity contribution >= 4 is 43.5 Å². The number of nitrogens with zero attached hydrogens (tertiary/aromatic N) is 3. The molecule has 0 aliphatic heterocycles. The Balaban J connectivity index is 1.13. The SMILES string of the molecule is c1ccc(-c2ccc(-c3nc4ccccc4nc3-c3ccc(-c4cccc(-c5cc6cccnc6c6ccccc56)c4)c4ccccc34)cc2)cc1. The van der Waals surface area contributed by atoms with E-state index in [0.29, 0.717) is 0 Å². The zero-order chi connectivity index (χ0) is 34.4. The Morgan fingerprint density at radius 2 is 0.846 bits per heavy atom. The van der Waals surface area contributed by atoms with E-state index < -0.39 is 0 Å². The van der Waals surface area contributed by atoms with Crippen LogP contribution < -0.4 is 0 Å². The summed E-state index contributed by atoms with van der Waals surface area (Å²) in [6.45, 7) is 0. The van der Waals surface area contributed by atoms with E-state index in [-0.39, 0.29) is 0 Å². The molecule has 2 aromatic heterocycles. The Bertz CT molecular complexity index is 2950. The molecule has 0 fully saturated rings. The van der Waals surface area contributed by atoms with E-state index in [4.69, 9.17) is 15.0 Å². The van der Waals surface area contributed by atoms with Gasteiger partial charge in [0, 0.05) is 28.1 Å². The third-order valence-electron chi connectivity index (χ3n) is 10.1. The highest BCUT2D eigenvalue weighted by Gasteiger charge is 2.18. The third-order valence-corrected chi connectivity index (χ3v) is 10.1. The second kappa shape index (κ2) is 12.4. The van der Waals surface area contributed by atoms with Gasteiger partial charge in [-0.25, -0.2) is 9.97 Å². The van der Waals surface area contributed by atoms with Crippen molar-refractivity contribution in [1.82, 2.24) is 15.0 Å². The van der Waals surface area contributed by atoms with Gasteiger partial charge in [0.1, 0.15) is 0 Å². The van der Waals surface area contributed by atoms with Gasteiger partial charge in [0.2, 0.25) is 0 Å². The van der Waals surface area contributed by atoms with Gasteiger partial charge in [0.15, 0.2) is 0 Å². The molecule has 0 unspecified atom stereocenters. The van der Waals surface area contributed by atoms with Gasteiger partial charge >= 0.3 is 0 Å². The molecule has 52 heavy (non-hydrogen) atoms. The van der Waals surface area contributed by atoms with Crippen molar-refractivity contribution in [3.63, 3.8) is 0 Å². The third kappa shape index (κ3) is 5.10. The summed E-state index contributed by atoms with van der Waals surface area (Å²) < 4.78 is 0. The summed E-state index contributed by atoms with van der Waals surface area (Å²) in [7, 11) is 0. The van der Waals surface area contributed by atoms with Crippen LogP contribution in [0.5, 0.6) is 0 Å². The number of pyridine rings is 1. The first-order valence-corrected chi connectivity index (χ1v) is 17.6. The molecule has 0 bridgehead atoms. The maximum atomic E-state index is 5.29. The van der Waals surface area contributed by atoms with Crippen molar-refractivity contribution < 1.29 is 0 Å². The Kier molecular flexibility index (Phi) is 7.14. The topological polar surface area (TPSA) is 38.7 Å². The van der Waals surface area contributed by atoms with Crippen LogP contribution in [0, 0.1) is 0 Å². The normalized spacial score (nSPS) is 11.5. The summed E-state index contributed by atoms with van der Waals surface area (Å²) in [5, 5.41) is 5.81. The van der Waals surface area contributed by atoms with Crippen LogP contribution in [0.3, 0.4) is 0 Å². The molecule has 0 aliphatic carbocycles. The maximum absolute atomic E-state index is 5.29. The molecule has 3 nitrogen and oxygen atoms in total. The molecule has 8 aromatic carbocycles. The van der Waals surface area contributed by atoms with Crippen LogP contribution in [0.1, 0.15) is 0 Å². The van der Waals surface area contributed by atoms with Gasteiger partial charge < -0.3 is 0 Å². The number of fused-ring (bicyclic) bond motifs is 5. The lowest BCUT2D eigenvalue weighted by Crippen LogP contribution is -1.97. The molecule has 0 atom stereocenters. The first kappa shape index (κ1) is 29.9. The molecule has 0 N–H and O–H groups in total. The zero-order valence-corrected chi connectivity index (χ0v) is 28.2. The molecular weight excluding hydrogens is 631 g/mol. The summed E-state index contributed by atoms with van der Waals surface area (Å²) in [6.07, 6.45) is 1.87. The van der Waals surface area contributed by atoms with Gasteiger partial charge in [-0.3, -0.25) is 4.98 Å². The minimum Gasteiger partial charge on any atom is -0.256 e. The molecule has 10 aromatic rings. The van der Waals surface area contributed by atoms with E-state index in [2.05, 4.69) is 146 Å². The van der Waals surface area contributed by atoms with Gasteiger partial charge in [-0.15, -0.1) is 0 Å². The van der Waals surface area contributed by atoms with E-state index in [9.17, 15) is 0 Å². The zero-order valence-electron chi connectivity index (χ0n) is 28.2. The number of para-hydroxylation sites is 2. The molecule has 0 radical (unpaired) electrons. The monoisotopic (exact) mass is 661 g/mol. The highest BCUT2D eigenvalue weighted by atomic mass is 14.8. The lowest BCUT2D eigenvalue weighted by Gasteiger charge is -2.16. The second-order valence-corrected chi connectivity index (χ2v) is 13.2. The van der Waals surface area contributed by atoms with Crippen molar-refractivity contribution in [2.45, 2.75) is 0 Å². The van der Waals surface area contributed by atoms with Gasteiger partial charge in [0.05, 0.1) is 27.9 Å². The average Bonchev–Trinajstić information content (AvgIpc) is 3.23. The van der Waals surface area contributed by atoms with E-state index >= 15 is 0 Å². The van der Waals surface area contributed by atoms with Crippen LogP contribution in [-0.4, -0.2) is 15.0 Å². The van der Waals surface area contributed by atoms with E-state index in [0.717, 1.165) is 60.8 Å². The molecule has 0 amide bonds. The predicted molar refractivity (Wildman–Crippen MR) is 217 cm³/mol. The minimum atomic E-state index is 0.871. The highest BCUT2D eigenvalue weighted by molar-refractivity contribution is 6.12. The van der Waals surface area contributed by atoms with Crippen LogP contribution in [0.25, 0.3) is 99.4 Å². The summed E-state index contributed by atoms with van der Waals surface area (Å²) >= 11 is 0. The molecular formula is C49H31N3. The quantitative estimate of drug-likeness (QED) is 0.172. The molecule has 10 rings (SSSR count). The van der Waals surface area contributed by atoms with Gasteiger partial charge in [0.25, 0.3) is 0 Å². The molecule has 3 heteroatoms. The Morgan fingerprint density at radius 1 is 0.308 bits per heavy atom. The number of benzene rings is 8. The Labute approximate surface area is 301 Å². The van der Waals surface area contributed by atoms with Gasteiger partial charge in [-0.05, 0) is 79.9 Å². The van der Waals surface area contributed by atoms with Gasteiger partial charge in [-0.2, -0.15) is 0 Å². The highest BCUT2D eigenvalue weighted by Crippen LogP contribution is 2.41. The average molecular weight is 662 g/mol. The number of rotatable bonds is 5. The van der Waals surface area contributed by atoms with Crippen LogP contribution >= 0.6 is 0 Å². The first-order valence-electron chi connectivity index (χ1n) is 17.6. The van der Waals surface area contributed by atoms with Gasteiger partial charge in [-0.1, -0.05) is 152 Å². The smallest absolute Gasteiger partial charge is 0.0979 e. The van der Waals surface area contributed by atoms with Crippen molar-refractivity contribution in [2.24, 2.45) is 0 Å². The number of aromatic nitrogens is 3. The van der Waals surface area contributed by atoms with Crippen molar-refractivity contribution in [2.75, 3.05) is 0 Å². The lowest BCUT2D eigenvalue weighted by molar-refractivity contribution is 1.30. The van der Waals surface area contributed by atoms with Crippen LogP contribution in [-0.2, 0) is 0 Å². The standard InChI is InChI=1S/C49H31N3/c1-2-12-32(13-3-1)33-23-25-34(26-24-33)48-49(52-46-22-9-8-21-45(46)51-48)43-28-27-38(39-17-4-5-18-40(39)43)35-14-10-15-36(30-35)44-31-37-16-11-29-50-47(37)42-20-7-6-19-41(42)44/h1-31H. The molecule has 2 heterocycles. The van der Waals surface area contributed by atoms with Crippen molar-refractivity contribution in [1.29, 1.82) is 0 Å². The molecule has 0 aliphatic rings. The van der Waals surface area contributed by atoms with Crippen molar-refractivity contribution in [3.8, 4) is 55.9 Å². The predicted octanol–water partition coefficient (Wildman–Crippen LogP) is 12.8. The first-order chi connectivity index (χ1) is 25.8. The molecule has 0 saturated carbocycles. The van der Waals surface area contributed by atoms with Crippen molar-refractivity contribution in [3.05, 3.63) is 188 Å². The fourth-order valence-electron chi connectivity index (χ4n) is 7.61. The summed E-state index contributed by atoms with van der Waals surface area (Å²) in [6, 6.07) is 64.4. The van der Waals surface area contributed by atoms with E-state index in [1.54, 1.807) is 0 Å². The number of hydrogen-bond donors (Lipinski definition) is 0.